The Labute approximate surface area is 134 Å². The third kappa shape index (κ3) is 2.74. The van der Waals surface area contributed by atoms with Gasteiger partial charge in [0.05, 0.1) is 10.6 Å². The molecule has 2 heterocycles. The van der Waals surface area contributed by atoms with Crippen LogP contribution in [0.25, 0.3) is 0 Å². The maximum atomic E-state index is 8.93. The highest BCUT2D eigenvalue weighted by molar-refractivity contribution is 6.32. The summed E-state index contributed by atoms with van der Waals surface area (Å²) >= 11 is 6.10. The summed E-state index contributed by atoms with van der Waals surface area (Å²) in [5.41, 5.74) is 3.13. The Kier molecular flexibility index (Phi) is 3.96. The summed E-state index contributed by atoms with van der Waals surface area (Å²) in [6, 6.07) is 13.4. The van der Waals surface area contributed by atoms with Crippen molar-refractivity contribution in [1.29, 1.82) is 10.5 Å². The summed E-state index contributed by atoms with van der Waals surface area (Å²) in [5, 5.41) is 18.2. The normalized spacial score (nSPS) is 17.0. The second kappa shape index (κ2) is 6.05. The molecule has 1 aliphatic rings. The highest BCUT2D eigenvalue weighted by Gasteiger charge is 2.24. The van der Waals surface area contributed by atoms with E-state index in [2.05, 4.69) is 16.0 Å². The molecule has 4 nitrogen and oxygen atoms in total. The van der Waals surface area contributed by atoms with Gasteiger partial charge < -0.3 is 4.90 Å². The van der Waals surface area contributed by atoms with E-state index >= 15 is 0 Å². The van der Waals surface area contributed by atoms with Crippen LogP contribution in [0, 0.1) is 22.7 Å². The standard InChI is InChI=1S/C17H13ClN4/c18-17-7-16(4-2-12(17)8-19)22-6-5-14(11-22)13-1-3-15(9-20)21-10-13/h1-4,7,10,14H,5-6,11H2. The predicted octanol–water partition coefficient (Wildman–Crippen LogP) is 3.47. The minimum absolute atomic E-state index is 0.398. The number of nitrogens with zero attached hydrogens (tertiary/aromatic N) is 4. The Morgan fingerprint density at radius 3 is 2.68 bits per heavy atom. The number of hydrogen-bond acceptors (Lipinski definition) is 4. The molecule has 1 unspecified atom stereocenters. The summed E-state index contributed by atoms with van der Waals surface area (Å²) in [6.45, 7) is 1.82. The molecule has 1 saturated heterocycles. The van der Waals surface area contributed by atoms with Crippen LogP contribution in [-0.2, 0) is 0 Å². The molecule has 0 bridgehead atoms. The van der Waals surface area contributed by atoms with Crippen molar-refractivity contribution < 1.29 is 0 Å². The summed E-state index contributed by atoms with van der Waals surface area (Å²) in [5.74, 6) is 0.398. The number of benzene rings is 1. The second-order valence-electron chi connectivity index (χ2n) is 5.30. The number of aromatic nitrogens is 1. The van der Waals surface area contributed by atoms with Gasteiger partial charge in [-0.3, -0.25) is 0 Å². The van der Waals surface area contributed by atoms with Crippen LogP contribution in [0.3, 0.4) is 0 Å². The molecule has 0 amide bonds. The Hall–Kier alpha value is -2.56. The van der Waals surface area contributed by atoms with Gasteiger partial charge in [-0.15, -0.1) is 0 Å². The Balaban J connectivity index is 1.76. The first kappa shape index (κ1) is 14.4. The predicted molar refractivity (Wildman–Crippen MR) is 84.7 cm³/mol. The summed E-state index contributed by atoms with van der Waals surface area (Å²) in [7, 11) is 0. The van der Waals surface area contributed by atoms with Crippen LogP contribution in [-0.4, -0.2) is 18.1 Å². The fourth-order valence-corrected chi connectivity index (χ4v) is 2.99. The minimum atomic E-state index is 0.398. The fraction of sp³-hybridized carbons (Fsp3) is 0.235. The lowest BCUT2D eigenvalue weighted by Crippen LogP contribution is -2.19. The van der Waals surface area contributed by atoms with Crippen LogP contribution >= 0.6 is 11.6 Å². The quantitative estimate of drug-likeness (QED) is 0.852. The van der Waals surface area contributed by atoms with Crippen molar-refractivity contribution in [3.63, 3.8) is 0 Å². The molecule has 108 valence electrons. The van der Waals surface area contributed by atoms with Crippen molar-refractivity contribution in [1.82, 2.24) is 4.98 Å². The molecule has 22 heavy (non-hydrogen) atoms. The lowest BCUT2D eigenvalue weighted by molar-refractivity contribution is 0.769. The van der Waals surface area contributed by atoms with Gasteiger partial charge >= 0.3 is 0 Å². The minimum Gasteiger partial charge on any atom is -0.371 e. The van der Waals surface area contributed by atoms with Crippen molar-refractivity contribution in [2.24, 2.45) is 0 Å². The SMILES string of the molecule is N#Cc1ccc(C2CCN(c3ccc(C#N)c(Cl)c3)C2)cn1. The molecular weight excluding hydrogens is 296 g/mol. The van der Waals surface area contributed by atoms with E-state index in [1.807, 2.05) is 24.3 Å². The lowest BCUT2D eigenvalue weighted by atomic mass is 10.0. The molecule has 3 rings (SSSR count). The fourth-order valence-electron chi connectivity index (χ4n) is 2.77. The molecule has 0 aliphatic carbocycles. The van der Waals surface area contributed by atoms with Gasteiger partial charge in [-0.25, -0.2) is 4.98 Å². The molecule has 1 aromatic heterocycles. The Bertz CT molecular complexity index is 771. The molecule has 1 aliphatic heterocycles. The molecule has 0 radical (unpaired) electrons. The van der Waals surface area contributed by atoms with E-state index in [9.17, 15) is 0 Å². The number of rotatable bonds is 2. The maximum Gasteiger partial charge on any atom is 0.140 e. The first-order chi connectivity index (χ1) is 10.7. The van der Waals surface area contributed by atoms with E-state index in [1.165, 1.54) is 0 Å². The van der Waals surface area contributed by atoms with E-state index in [-0.39, 0.29) is 0 Å². The zero-order valence-corrected chi connectivity index (χ0v) is 12.6. The van der Waals surface area contributed by atoms with E-state index in [1.54, 1.807) is 18.3 Å². The van der Waals surface area contributed by atoms with Crippen molar-refractivity contribution in [3.05, 3.63) is 58.4 Å². The number of anilines is 1. The van der Waals surface area contributed by atoms with E-state index in [0.717, 1.165) is 30.8 Å². The third-order valence-corrected chi connectivity index (χ3v) is 4.31. The van der Waals surface area contributed by atoms with Gasteiger partial charge in [0.15, 0.2) is 0 Å². The second-order valence-corrected chi connectivity index (χ2v) is 5.70. The molecule has 0 saturated carbocycles. The molecule has 1 atom stereocenters. The number of nitriles is 2. The van der Waals surface area contributed by atoms with Gasteiger partial charge in [0, 0.05) is 30.9 Å². The van der Waals surface area contributed by atoms with Crippen LogP contribution in [0.15, 0.2) is 36.5 Å². The van der Waals surface area contributed by atoms with Crippen LogP contribution in [0.4, 0.5) is 5.69 Å². The average molecular weight is 309 g/mol. The van der Waals surface area contributed by atoms with Gasteiger partial charge in [0.2, 0.25) is 0 Å². The van der Waals surface area contributed by atoms with E-state index in [0.29, 0.717) is 22.2 Å². The van der Waals surface area contributed by atoms with Crippen LogP contribution < -0.4 is 4.90 Å². The van der Waals surface area contributed by atoms with Crippen molar-refractivity contribution in [2.45, 2.75) is 12.3 Å². The molecule has 5 heteroatoms. The largest absolute Gasteiger partial charge is 0.371 e. The Morgan fingerprint density at radius 2 is 2.05 bits per heavy atom. The van der Waals surface area contributed by atoms with Gasteiger partial charge in [0.1, 0.15) is 17.8 Å². The van der Waals surface area contributed by atoms with E-state index in [4.69, 9.17) is 22.1 Å². The number of halogens is 1. The lowest BCUT2D eigenvalue weighted by Gasteiger charge is -2.19. The summed E-state index contributed by atoms with van der Waals surface area (Å²) in [4.78, 5) is 6.40. The van der Waals surface area contributed by atoms with Gasteiger partial charge in [-0.05, 0) is 36.2 Å². The molecule has 1 fully saturated rings. The third-order valence-electron chi connectivity index (χ3n) is 4.00. The van der Waals surface area contributed by atoms with Gasteiger partial charge in [-0.1, -0.05) is 17.7 Å². The van der Waals surface area contributed by atoms with Crippen molar-refractivity contribution >= 4 is 17.3 Å². The van der Waals surface area contributed by atoms with Crippen LogP contribution in [0.5, 0.6) is 0 Å². The van der Waals surface area contributed by atoms with Crippen molar-refractivity contribution in [3.8, 4) is 12.1 Å². The van der Waals surface area contributed by atoms with E-state index < -0.39 is 0 Å². The number of hydrogen-bond donors (Lipinski definition) is 0. The molecule has 2 aromatic rings. The van der Waals surface area contributed by atoms with Crippen LogP contribution in [0.2, 0.25) is 5.02 Å². The monoisotopic (exact) mass is 308 g/mol. The van der Waals surface area contributed by atoms with Crippen LogP contribution in [0.1, 0.15) is 29.2 Å². The molecular formula is C17H13ClN4. The highest BCUT2D eigenvalue weighted by atomic mass is 35.5. The summed E-state index contributed by atoms with van der Waals surface area (Å²) in [6.07, 6.45) is 2.82. The Morgan fingerprint density at radius 1 is 1.18 bits per heavy atom. The average Bonchev–Trinajstić information content (AvgIpc) is 3.05. The maximum absolute atomic E-state index is 8.93. The number of pyridine rings is 1. The van der Waals surface area contributed by atoms with Gasteiger partial charge in [0.25, 0.3) is 0 Å². The molecule has 0 N–H and O–H groups in total. The molecule has 0 spiro atoms. The zero-order valence-electron chi connectivity index (χ0n) is 11.8. The molecule has 1 aromatic carbocycles. The van der Waals surface area contributed by atoms with Crippen molar-refractivity contribution in [2.75, 3.05) is 18.0 Å². The smallest absolute Gasteiger partial charge is 0.140 e. The zero-order chi connectivity index (χ0) is 15.5. The topological polar surface area (TPSA) is 63.7 Å². The first-order valence-electron chi connectivity index (χ1n) is 7.02. The first-order valence-corrected chi connectivity index (χ1v) is 7.39. The highest BCUT2D eigenvalue weighted by Crippen LogP contribution is 2.32. The van der Waals surface area contributed by atoms with Gasteiger partial charge in [-0.2, -0.15) is 10.5 Å². The summed E-state index contributed by atoms with van der Waals surface area (Å²) < 4.78 is 0.